The van der Waals surface area contributed by atoms with Crippen LogP contribution in [0.2, 0.25) is 5.02 Å². The molecule has 0 saturated heterocycles. The Morgan fingerprint density at radius 1 is 1.38 bits per heavy atom. The van der Waals surface area contributed by atoms with Crippen molar-refractivity contribution in [3.8, 4) is 0 Å². The second kappa shape index (κ2) is 6.94. The minimum Gasteiger partial charge on any atom is -0.323 e. The average molecular weight is 391 g/mol. The Bertz CT molecular complexity index is 880. The molecule has 0 bridgehead atoms. The van der Waals surface area contributed by atoms with E-state index in [1.54, 1.807) is 0 Å². The number of nitro groups is 1. The van der Waals surface area contributed by atoms with Crippen molar-refractivity contribution in [1.82, 2.24) is 9.78 Å². The fourth-order valence-electron chi connectivity index (χ4n) is 2.44. The van der Waals surface area contributed by atoms with Gasteiger partial charge in [-0.15, -0.1) is 0 Å². The lowest BCUT2D eigenvalue weighted by Crippen LogP contribution is -2.25. The van der Waals surface area contributed by atoms with Crippen molar-refractivity contribution in [2.45, 2.75) is 33.0 Å². The number of nitrogens with zero attached hydrogens (tertiary/aromatic N) is 3. The molecule has 11 heteroatoms. The van der Waals surface area contributed by atoms with Crippen LogP contribution in [0, 0.1) is 24.0 Å². The standard InChI is InChI=1S/C15H14ClF3N4O3/c1-7-13(23(25)26)8(2)22(21-7)9(3)14(24)20-12-6-10(15(17,18)19)4-5-11(12)16/h4-6,9H,1-3H3,(H,20,24)/t9-/m1/s1. The quantitative estimate of drug-likeness (QED) is 0.623. The van der Waals surface area contributed by atoms with Gasteiger partial charge >= 0.3 is 11.9 Å². The summed E-state index contributed by atoms with van der Waals surface area (Å²) in [6.45, 7) is 4.27. The van der Waals surface area contributed by atoms with E-state index in [0.29, 0.717) is 0 Å². The summed E-state index contributed by atoms with van der Waals surface area (Å²) in [5, 5.41) is 17.3. The van der Waals surface area contributed by atoms with Crippen molar-refractivity contribution in [3.05, 3.63) is 50.3 Å². The minimum atomic E-state index is -4.59. The van der Waals surface area contributed by atoms with Gasteiger partial charge in [-0.2, -0.15) is 18.3 Å². The van der Waals surface area contributed by atoms with Crippen LogP contribution in [0.25, 0.3) is 0 Å². The second-order valence-corrected chi connectivity index (χ2v) is 5.99. The minimum absolute atomic E-state index is 0.0714. The molecule has 0 spiro atoms. The van der Waals surface area contributed by atoms with E-state index < -0.39 is 28.6 Å². The average Bonchev–Trinajstić information content (AvgIpc) is 2.82. The molecule has 7 nitrogen and oxygen atoms in total. The molecule has 2 aromatic rings. The molecule has 1 amide bonds. The maximum Gasteiger partial charge on any atom is 0.416 e. The normalized spacial score (nSPS) is 12.7. The van der Waals surface area contributed by atoms with Gasteiger partial charge in [0.05, 0.1) is 21.2 Å². The summed E-state index contributed by atoms with van der Waals surface area (Å²) in [5.74, 6) is -0.716. The Hall–Kier alpha value is -2.62. The molecule has 1 aromatic carbocycles. The van der Waals surface area contributed by atoms with E-state index in [2.05, 4.69) is 10.4 Å². The van der Waals surface area contributed by atoms with E-state index in [-0.39, 0.29) is 27.8 Å². The van der Waals surface area contributed by atoms with Gasteiger partial charge in [0.1, 0.15) is 17.4 Å². The van der Waals surface area contributed by atoms with Crippen LogP contribution in [0.3, 0.4) is 0 Å². The first-order valence-electron chi connectivity index (χ1n) is 7.31. The Kier molecular flexibility index (Phi) is 5.26. The number of amides is 1. The number of anilines is 1. The number of aryl methyl sites for hydroxylation is 1. The molecule has 0 fully saturated rings. The molecule has 26 heavy (non-hydrogen) atoms. The van der Waals surface area contributed by atoms with Gasteiger partial charge in [-0.25, -0.2) is 0 Å². The lowest BCUT2D eigenvalue weighted by molar-refractivity contribution is -0.386. The maximum absolute atomic E-state index is 12.8. The third-order valence-electron chi connectivity index (χ3n) is 3.77. The summed E-state index contributed by atoms with van der Waals surface area (Å²) in [7, 11) is 0. The highest BCUT2D eigenvalue weighted by Crippen LogP contribution is 2.34. The fourth-order valence-corrected chi connectivity index (χ4v) is 2.61. The van der Waals surface area contributed by atoms with Crippen LogP contribution in [0.5, 0.6) is 0 Å². The summed E-state index contributed by atoms with van der Waals surface area (Å²) in [6.07, 6.45) is -4.59. The number of hydrogen-bond donors (Lipinski definition) is 1. The number of halogens is 4. The highest BCUT2D eigenvalue weighted by molar-refractivity contribution is 6.33. The van der Waals surface area contributed by atoms with Gasteiger partial charge in [-0.1, -0.05) is 11.6 Å². The molecule has 0 saturated carbocycles. The van der Waals surface area contributed by atoms with Crippen LogP contribution >= 0.6 is 11.6 Å². The van der Waals surface area contributed by atoms with Crippen LogP contribution in [0.1, 0.15) is 29.9 Å². The Morgan fingerprint density at radius 3 is 2.50 bits per heavy atom. The van der Waals surface area contributed by atoms with Crippen LogP contribution in [-0.2, 0) is 11.0 Å². The molecule has 1 aromatic heterocycles. The second-order valence-electron chi connectivity index (χ2n) is 5.58. The van der Waals surface area contributed by atoms with Crippen molar-refractivity contribution in [2.75, 3.05) is 5.32 Å². The highest BCUT2D eigenvalue weighted by Gasteiger charge is 2.32. The van der Waals surface area contributed by atoms with Gasteiger partial charge < -0.3 is 5.32 Å². The fraction of sp³-hybridized carbons (Fsp3) is 0.333. The van der Waals surface area contributed by atoms with Crippen LogP contribution in [0.4, 0.5) is 24.5 Å². The molecule has 0 unspecified atom stereocenters. The van der Waals surface area contributed by atoms with E-state index >= 15 is 0 Å². The topological polar surface area (TPSA) is 90.1 Å². The maximum atomic E-state index is 12.8. The molecule has 0 aliphatic carbocycles. The van der Waals surface area contributed by atoms with Gasteiger partial charge in [0.15, 0.2) is 0 Å². The van der Waals surface area contributed by atoms with Crippen LogP contribution in [0.15, 0.2) is 18.2 Å². The lowest BCUT2D eigenvalue weighted by atomic mass is 10.2. The predicted octanol–water partition coefficient (Wildman–Crippen LogP) is 4.28. The molecule has 140 valence electrons. The smallest absolute Gasteiger partial charge is 0.323 e. The molecule has 2 rings (SSSR count). The van der Waals surface area contributed by atoms with E-state index in [9.17, 15) is 28.1 Å². The van der Waals surface area contributed by atoms with Crippen molar-refractivity contribution in [3.63, 3.8) is 0 Å². The number of rotatable bonds is 4. The SMILES string of the molecule is Cc1nn([C@H](C)C(=O)Nc2cc(C(F)(F)F)ccc2Cl)c(C)c1[N+](=O)[O-]. The van der Waals surface area contributed by atoms with Crippen LogP contribution < -0.4 is 5.32 Å². The van der Waals surface area contributed by atoms with Crippen LogP contribution in [-0.4, -0.2) is 20.6 Å². The van der Waals surface area contributed by atoms with Crippen molar-refractivity contribution < 1.29 is 22.9 Å². The zero-order valence-electron chi connectivity index (χ0n) is 13.9. The van der Waals surface area contributed by atoms with E-state index in [1.165, 1.54) is 20.8 Å². The molecule has 0 radical (unpaired) electrons. The first kappa shape index (κ1) is 19.7. The first-order valence-corrected chi connectivity index (χ1v) is 7.69. The van der Waals surface area contributed by atoms with Gasteiger partial charge in [0.2, 0.25) is 5.91 Å². The van der Waals surface area contributed by atoms with Gasteiger partial charge in [-0.05, 0) is 39.0 Å². The summed E-state index contributed by atoms with van der Waals surface area (Å²) in [4.78, 5) is 22.8. The van der Waals surface area contributed by atoms with Crippen molar-refractivity contribution in [1.29, 1.82) is 0 Å². The number of alkyl halides is 3. The summed E-state index contributed by atoms with van der Waals surface area (Å²) >= 11 is 5.85. The van der Waals surface area contributed by atoms with E-state index in [4.69, 9.17) is 11.6 Å². The summed E-state index contributed by atoms with van der Waals surface area (Å²) in [5.41, 5.74) is -1.11. The highest BCUT2D eigenvalue weighted by atomic mass is 35.5. The van der Waals surface area contributed by atoms with E-state index in [1.807, 2.05) is 0 Å². The lowest BCUT2D eigenvalue weighted by Gasteiger charge is -2.16. The van der Waals surface area contributed by atoms with Crippen molar-refractivity contribution >= 4 is 28.9 Å². The van der Waals surface area contributed by atoms with Gasteiger partial charge in [-0.3, -0.25) is 19.6 Å². The largest absolute Gasteiger partial charge is 0.416 e. The molecule has 0 aliphatic rings. The van der Waals surface area contributed by atoms with Gasteiger partial charge in [0.25, 0.3) is 0 Å². The molecule has 1 atom stereocenters. The third-order valence-corrected chi connectivity index (χ3v) is 4.10. The Balaban J connectivity index is 2.31. The zero-order chi connectivity index (χ0) is 19.8. The Morgan fingerprint density at radius 2 is 2.00 bits per heavy atom. The molecule has 1 N–H and O–H groups in total. The number of hydrogen-bond acceptors (Lipinski definition) is 4. The summed E-state index contributed by atoms with van der Waals surface area (Å²) < 4.78 is 39.6. The van der Waals surface area contributed by atoms with Gasteiger partial charge in [0, 0.05) is 0 Å². The molecule has 1 heterocycles. The van der Waals surface area contributed by atoms with E-state index in [0.717, 1.165) is 22.9 Å². The van der Waals surface area contributed by atoms with Crippen molar-refractivity contribution in [2.24, 2.45) is 0 Å². The monoisotopic (exact) mass is 390 g/mol. The number of benzene rings is 1. The summed E-state index contributed by atoms with van der Waals surface area (Å²) in [6, 6.07) is 1.54. The first-order chi connectivity index (χ1) is 11.9. The predicted molar refractivity (Wildman–Crippen MR) is 88.2 cm³/mol. The molecule has 0 aliphatic heterocycles. The Labute approximate surface area is 150 Å². The molecular formula is C15H14ClF3N4O3. The number of nitrogens with one attached hydrogen (secondary N) is 1. The number of carbonyl (C=O) groups excluding carboxylic acids is 1. The third kappa shape index (κ3) is 3.79. The number of carbonyl (C=O) groups is 1. The molecular weight excluding hydrogens is 377 g/mol. The number of aromatic nitrogens is 2. The zero-order valence-corrected chi connectivity index (χ0v) is 14.6.